The Morgan fingerprint density at radius 2 is 1.94 bits per heavy atom. The van der Waals surface area contributed by atoms with Crippen LogP contribution in [0.2, 0.25) is 0 Å². The Balaban J connectivity index is 2.18. The maximum Gasteiger partial charge on any atom is 0.262 e. The molecule has 0 atom stereocenters. The molecule has 0 spiro atoms. The van der Waals surface area contributed by atoms with Crippen molar-refractivity contribution in [3.8, 4) is 17.4 Å². The van der Waals surface area contributed by atoms with Gasteiger partial charge in [0.2, 0.25) is 0 Å². The zero-order chi connectivity index (χ0) is 12.1. The highest BCUT2D eigenvalue weighted by molar-refractivity contribution is 5.43. The summed E-state index contributed by atoms with van der Waals surface area (Å²) in [6.07, 6.45) is 3.04. The van der Waals surface area contributed by atoms with Crippen LogP contribution in [0.3, 0.4) is 0 Å². The van der Waals surface area contributed by atoms with Gasteiger partial charge in [0, 0.05) is 18.5 Å². The van der Waals surface area contributed by atoms with Gasteiger partial charge < -0.3 is 15.2 Å². The molecule has 0 saturated carbocycles. The second kappa shape index (κ2) is 5.16. The van der Waals surface area contributed by atoms with E-state index in [9.17, 15) is 0 Å². The van der Waals surface area contributed by atoms with Crippen LogP contribution >= 0.6 is 0 Å². The molecule has 1 heterocycles. The normalized spacial score (nSPS) is 9.94. The van der Waals surface area contributed by atoms with Crippen molar-refractivity contribution in [2.45, 2.75) is 6.92 Å². The molecular formula is C12H13N3O2. The van der Waals surface area contributed by atoms with E-state index in [4.69, 9.17) is 15.2 Å². The van der Waals surface area contributed by atoms with Gasteiger partial charge in [-0.1, -0.05) is 6.07 Å². The topological polar surface area (TPSA) is 70.3 Å². The minimum absolute atomic E-state index is 0.259. The third-order valence-electron chi connectivity index (χ3n) is 2.02. The number of nitrogens with zero attached hydrogens (tertiary/aromatic N) is 2. The molecule has 0 bridgehead atoms. The van der Waals surface area contributed by atoms with Crippen molar-refractivity contribution in [1.82, 2.24) is 9.97 Å². The minimum atomic E-state index is 0.259. The molecule has 2 rings (SSSR count). The van der Waals surface area contributed by atoms with Crippen LogP contribution in [0, 0.1) is 0 Å². The van der Waals surface area contributed by atoms with Crippen LogP contribution in [0.5, 0.6) is 17.4 Å². The molecule has 0 unspecified atom stereocenters. The van der Waals surface area contributed by atoms with E-state index in [1.807, 2.05) is 19.1 Å². The molecule has 0 fully saturated rings. The van der Waals surface area contributed by atoms with Crippen molar-refractivity contribution in [2.75, 3.05) is 12.3 Å². The number of anilines is 1. The van der Waals surface area contributed by atoms with Gasteiger partial charge in [-0.2, -0.15) is 0 Å². The van der Waals surface area contributed by atoms with E-state index in [-0.39, 0.29) is 5.82 Å². The Hall–Kier alpha value is -2.30. The van der Waals surface area contributed by atoms with Gasteiger partial charge in [-0.05, 0) is 19.1 Å². The number of aromatic nitrogens is 2. The van der Waals surface area contributed by atoms with Gasteiger partial charge in [0.05, 0.1) is 6.61 Å². The molecular weight excluding hydrogens is 218 g/mol. The zero-order valence-corrected chi connectivity index (χ0v) is 9.46. The Morgan fingerprint density at radius 1 is 1.18 bits per heavy atom. The number of rotatable bonds is 4. The molecule has 5 heteroatoms. The summed E-state index contributed by atoms with van der Waals surface area (Å²) in [5.41, 5.74) is 5.64. The molecule has 1 aromatic heterocycles. The third kappa shape index (κ3) is 2.84. The van der Waals surface area contributed by atoms with Crippen molar-refractivity contribution in [1.29, 1.82) is 0 Å². The van der Waals surface area contributed by atoms with E-state index >= 15 is 0 Å². The maximum absolute atomic E-state index is 5.64. The number of benzene rings is 1. The number of hydrogen-bond acceptors (Lipinski definition) is 5. The largest absolute Gasteiger partial charge is 0.494 e. The highest BCUT2D eigenvalue weighted by atomic mass is 16.5. The molecule has 0 radical (unpaired) electrons. The molecule has 2 N–H and O–H groups in total. The molecule has 2 aromatic rings. The Kier molecular flexibility index (Phi) is 3.40. The molecule has 1 aromatic carbocycles. The lowest BCUT2D eigenvalue weighted by Crippen LogP contribution is -1.97. The smallest absolute Gasteiger partial charge is 0.262 e. The van der Waals surface area contributed by atoms with Crippen LogP contribution in [0.1, 0.15) is 6.92 Å². The highest BCUT2D eigenvalue weighted by Gasteiger charge is 2.04. The van der Waals surface area contributed by atoms with E-state index < -0.39 is 0 Å². The fourth-order valence-electron chi connectivity index (χ4n) is 1.32. The lowest BCUT2D eigenvalue weighted by atomic mass is 10.3. The van der Waals surface area contributed by atoms with Crippen molar-refractivity contribution >= 4 is 5.82 Å². The summed E-state index contributed by atoms with van der Waals surface area (Å²) in [6.45, 7) is 2.53. The van der Waals surface area contributed by atoms with Gasteiger partial charge in [0.15, 0.2) is 5.82 Å². The standard InChI is InChI=1S/C12H13N3O2/c1-2-16-9-4-3-5-10(8-9)17-12-11(13)14-6-7-15-12/h3-8H,2H2,1H3,(H2,13,14). The van der Waals surface area contributed by atoms with E-state index in [1.165, 1.54) is 12.4 Å². The summed E-state index contributed by atoms with van der Waals surface area (Å²) < 4.78 is 10.9. The predicted octanol–water partition coefficient (Wildman–Crippen LogP) is 2.25. The number of ether oxygens (including phenoxy) is 2. The average Bonchev–Trinajstić information content (AvgIpc) is 2.33. The first-order valence-corrected chi connectivity index (χ1v) is 5.27. The van der Waals surface area contributed by atoms with E-state index in [1.54, 1.807) is 12.1 Å². The monoisotopic (exact) mass is 231 g/mol. The maximum atomic E-state index is 5.64. The van der Waals surface area contributed by atoms with E-state index in [0.717, 1.165) is 5.75 Å². The molecule has 0 saturated heterocycles. The van der Waals surface area contributed by atoms with Crippen molar-refractivity contribution in [2.24, 2.45) is 0 Å². The first kappa shape index (κ1) is 11.2. The number of nitrogens with two attached hydrogens (primary N) is 1. The van der Waals surface area contributed by atoms with Gasteiger partial charge in [-0.15, -0.1) is 0 Å². The summed E-state index contributed by atoms with van der Waals surface area (Å²) in [5, 5.41) is 0. The van der Waals surface area contributed by atoms with Gasteiger partial charge >= 0.3 is 0 Å². The minimum Gasteiger partial charge on any atom is -0.494 e. The predicted molar refractivity (Wildman–Crippen MR) is 64.1 cm³/mol. The number of hydrogen-bond donors (Lipinski definition) is 1. The Labute approximate surface area is 99.2 Å². The molecule has 0 aliphatic heterocycles. The lowest BCUT2D eigenvalue weighted by Gasteiger charge is -2.08. The summed E-state index contributed by atoms with van der Waals surface area (Å²) in [4.78, 5) is 7.89. The van der Waals surface area contributed by atoms with Crippen LogP contribution in [-0.4, -0.2) is 16.6 Å². The first-order valence-electron chi connectivity index (χ1n) is 5.27. The summed E-state index contributed by atoms with van der Waals surface area (Å²) in [7, 11) is 0. The molecule has 17 heavy (non-hydrogen) atoms. The second-order valence-corrected chi connectivity index (χ2v) is 3.26. The molecule has 88 valence electrons. The third-order valence-corrected chi connectivity index (χ3v) is 2.02. The van der Waals surface area contributed by atoms with E-state index in [0.29, 0.717) is 18.2 Å². The fourth-order valence-corrected chi connectivity index (χ4v) is 1.32. The van der Waals surface area contributed by atoms with Crippen LogP contribution in [0.4, 0.5) is 5.82 Å². The van der Waals surface area contributed by atoms with Gasteiger partial charge in [-0.3, -0.25) is 0 Å². The van der Waals surface area contributed by atoms with Crippen molar-refractivity contribution in [3.05, 3.63) is 36.7 Å². The molecule has 0 amide bonds. The van der Waals surface area contributed by atoms with Crippen molar-refractivity contribution in [3.63, 3.8) is 0 Å². The highest BCUT2D eigenvalue weighted by Crippen LogP contribution is 2.26. The van der Waals surface area contributed by atoms with Gasteiger partial charge in [-0.25, -0.2) is 9.97 Å². The number of nitrogen functional groups attached to an aromatic ring is 1. The average molecular weight is 231 g/mol. The Bertz CT molecular complexity index is 503. The SMILES string of the molecule is CCOc1cccc(Oc2nccnc2N)c1. The summed E-state index contributed by atoms with van der Waals surface area (Å²) in [5.74, 6) is 1.91. The summed E-state index contributed by atoms with van der Waals surface area (Å²) in [6, 6.07) is 7.28. The first-order chi connectivity index (χ1) is 8.29. The molecule has 0 aliphatic rings. The quantitative estimate of drug-likeness (QED) is 0.873. The van der Waals surface area contributed by atoms with Gasteiger partial charge in [0.1, 0.15) is 11.5 Å². The van der Waals surface area contributed by atoms with Crippen LogP contribution in [0.15, 0.2) is 36.7 Å². The summed E-state index contributed by atoms with van der Waals surface area (Å²) >= 11 is 0. The van der Waals surface area contributed by atoms with E-state index in [2.05, 4.69) is 9.97 Å². The van der Waals surface area contributed by atoms with Gasteiger partial charge in [0.25, 0.3) is 5.88 Å². The van der Waals surface area contributed by atoms with Crippen LogP contribution in [-0.2, 0) is 0 Å². The zero-order valence-electron chi connectivity index (χ0n) is 9.46. The molecule has 5 nitrogen and oxygen atoms in total. The second-order valence-electron chi connectivity index (χ2n) is 3.26. The van der Waals surface area contributed by atoms with Crippen LogP contribution < -0.4 is 15.2 Å². The van der Waals surface area contributed by atoms with Crippen molar-refractivity contribution < 1.29 is 9.47 Å². The lowest BCUT2D eigenvalue weighted by molar-refractivity contribution is 0.338. The molecule has 0 aliphatic carbocycles. The fraction of sp³-hybridized carbons (Fsp3) is 0.167. The Morgan fingerprint density at radius 3 is 2.71 bits per heavy atom. The van der Waals surface area contributed by atoms with Crippen LogP contribution in [0.25, 0.3) is 0 Å².